The lowest BCUT2D eigenvalue weighted by molar-refractivity contribution is 0.311. The average Bonchev–Trinajstić information content (AvgIpc) is 3.25. The Morgan fingerprint density at radius 1 is 1.12 bits per heavy atom. The van der Waals surface area contributed by atoms with Gasteiger partial charge in [-0.3, -0.25) is 4.68 Å². The molecule has 0 spiro atoms. The Bertz CT molecular complexity index is 1050. The average molecular weight is 370 g/mol. The number of halogens is 1. The molecule has 132 valence electrons. The third kappa shape index (κ3) is 3.12. The third-order valence-electron chi connectivity index (χ3n) is 3.83. The number of aryl methyl sites for hydroxylation is 1. The number of aromatic nitrogens is 6. The highest BCUT2D eigenvalue weighted by Gasteiger charge is 2.15. The summed E-state index contributed by atoms with van der Waals surface area (Å²) in [5, 5.41) is 21.3. The number of benzene rings is 1. The van der Waals surface area contributed by atoms with Crippen LogP contribution in [0.1, 0.15) is 0 Å². The summed E-state index contributed by atoms with van der Waals surface area (Å²) in [5.74, 6) is 0.430. The Morgan fingerprint density at radius 3 is 2.62 bits per heavy atom. The van der Waals surface area contributed by atoms with E-state index >= 15 is 0 Å². The van der Waals surface area contributed by atoms with Crippen molar-refractivity contribution >= 4 is 23.2 Å². The SMILES string of the molecule is Cn1cc(-c2nc(-c3ccc(Cl)cc3)cn3nc(NCCO)nc23)cn1. The fraction of sp³-hybridized carbons (Fsp3) is 0.176. The highest BCUT2D eigenvalue weighted by atomic mass is 35.5. The maximum atomic E-state index is 8.99. The highest BCUT2D eigenvalue weighted by Crippen LogP contribution is 2.27. The first-order chi connectivity index (χ1) is 12.6. The molecule has 0 bridgehead atoms. The largest absolute Gasteiger partial charge is 0.395 e. The first kappa shape index (κ1) is 16.5. The maximum Gasteiger partial charge on any atom is 0.243 e. The molecule has 3 aromatic heterocycles. The first-order valence-electron chi connectivity index (χ1n) is 8.01. The lowest BCUT2D eigenvalue weighted by Gasteiger charge is -2.05. The van der Waals surface area contributed by atoms with Gasteiger partial charge < -0.3 is 10.4 Å². The predicted molar refractivity (Wildman–Crippen MR) is 99.0 cm³/mol. The topological polar surface area (TPSA) is 93.2 Å². The summed E-state index contributed by atoms with van der Waals surface area (Å²) in [4.78, 5) is 9.27. The van der Waals surface area contributed by atoms with Crippen molar-refractivity contribution in [2.75, 3.05) is 18.5 Å². The Labute approximate surface area is 154 Å². The van der Waals surface area contributed by atoms with Crippen LogP contribution in [-0.4, -0.2) is 47.6 Å². The van der Waals surface area contributed by atoms with Crippen LogP contribution in [-0.2, 0) is 7.05 Å². The Balaban J connectivity index is 1.89. The van der Waals surface area contributed by atoms with Crippen LogP contribution < -0.4 is 5.32 Å². The van der Waals surface area contributed by atoms with Crippen molar-refractivity contribution in [3.8, 4) is 22.5 Å². The van der Waals surface area contributed by atoms with Crippen LogP contribution in [0.3, 0.4) is 0 Å². The van der Waals surface area contributed by atoms with Crippen LogP contribution in [0.2, 0.25) is 5.02 Å². The van der Waals surface area contributed by atoms with Gasteiger partial charge in [0.15, 0.2) is 5.65 Å². The van der Waals surface area contributed by atoms with E-state index in [4.69, 9.17) is 21.7 Å². The monoisotopic (exact) mass is 369 g/mol. The molecule has 0 atom stereocenters. The Kier molecular flexibility index (Phi) is 4.27. The van der Waals surface area contributed by atoms with E-state index in [2.05, 4.69) is 20.5 Å². The molecule has 0 saturated heterocycles. The van der Waals surface area contributed by atoms with E-state index in [-0.39, 0.29) is 6.61 Å². The van der Waals surface area contributed by atoms with E-state index in [0.717, 1.165) is 16.8 Å². The number of fused-ring (bicyclic) bond motifs is 1. The van der Waals surface area contributed by atoms with Crippen molar-refractivity contribution < 1.29 is 5.11 Å². The van der Waals surface area contributed by atoms with Crippen molar-refractivity contribution in [1.82, 2.24) is 29.4 Å². The Hall–Kier alpha value is -2.97. The van der Waals surface area contributed by atoms with E-state index < -0.39 is 0 Å². The molecule has 0 unspecified atom stereocenters. The lowest BCUT2D eigenvalue weighted by atomic mass is 10.1. The molecular formula is C17H16ClN7O. The minimum absolute atomic E-state index is 0.000705. The van der Waals surface area contributed by atoms with Gasteiger partial charge in [-0.05, 0) is 12.1 Å². The van der Waals surface area contributed by atoms with E-state index in [1.165, 1.54) is 0 Å². The molecular weight excluding hydrogens is 354 g/mol. The molecule has 26 heavy (non-hydrogen) atoms. The molecule has 3 heterocycles. The maximum absolute atomic E-state index is 8.99. The molecule has 2 N–H and O–H groups in total. The van der Waals surface area contributed by atoms with Crippen molar-refractivity contribution in [3.63, 3.8) is 0 Å². The Morgan fingerprint density at radius 2 is 1.92 bits per heavy atom. The number of hydrogen-bond donors (Lipinski definition) is 2. The molecule has 9 heteroatoms. The smallest absolute Gasteiger partial charge is 0.243 e. The lowest BCUT2D eigenvalue weighted by Crippen LogP contribution is -2.06. The van der Waals surface area contributed by atoms with Crippen molar-refractivity contribution in [1.29, 1.82) is 0 Å². The van der Waals surface area contributed by atoms with Crippen LogP contribution in [0, 0.1) is 0 Å². The van der Waals surface area contributed by atoms with Crippen LogP contribution in [0.4, 0.5) is 5.95 Å². The summed E-state index contributed by atoms with van der Waals surface area (Å²) in [6.07, 6.45) is 5.43. The normalized spacial score (nSPS) is 11.2. The standard InChI is InChI=1S/C17H16ClN7O/c1-24-9-12(8-20-24)15-16-22-17(19-6-7-26)23-25(16)10-14(21-15)11-2-4-13(18)5-3-11/h2-5,8-10,26H,6-7H2,1H3,(H,19,23). The van der Waals surface area contributed by atoms with Crippen LogP contribution in [0.25, 0.3) is 28.2 Å². The molecule has 8 nitrogen and oxygen atoms in total. The number of hydrogen-bond acceptors (Lipinski definition) is 6. The number of aliphatic hydroxyl groups is 1. The first-order valence-corrected chi connectivity index (χ1v) is 8.39. The van der Waals surface area contributed by atoms with Gasteiger partial charge in [0.1, 0.15) is 5.69 Å². The summed E-state index contributed by atoms with van der Waals surface area (Å²) in [6.45, 7) is 0.371. The van der Waals surface area contributed by atoms with Crippen molar-refractivity contribution in [2.24, 2.45) is 7.05 Å². The summed E-state index contributed by atoms with van der Waals surface area (Å²) < 4.78 is 3.39. The van der Waals surface area contributed by atoms with Crippen LogP contribution >= 0.6 is 11.6 Å². The molecule has 1 aromatic carbocycles. The van der Waals surface area contributed by atoms with E-state index in [1.54, 1.807) is 15.4 Å². The summed E-state index contributed by atoms with van der Waals surface area (Å²) >= 11 is 5.99. The van der Waals surface area contributed by atoms with Crippen molar-refractivity contribution in [2.45, 2.75) is 0 Å². The van der Waals surface area contributed by atoms with Gasteiger partial charge in [-0.15, -0.1) is 5.10 Å². The van der Waals surface area contributed by atoms with Gasteiger partial charge in [-0.1, -0.05) is 23.7 Å². The molecule has 4 rings (SSSR count). The minimum Gasteiger partial charge on any atom is -0.395 e. The zero-order valence-corrected chi connectivity index (χ0v) is 14.7. The van der Waals surface area contributed by atoms with Crippen molar-refractivity contribution in [3.05, 3.63) is 47.9 Å². The second-order valence-electron chi connectivity index (χ2n) is 5.74. The molecule has 0 fully saturated rings. The quantitative estimate of drug-likeness (QED) is 0.560. The number of rotatable bonds is 5. The molecule has 0 aliphatic rings. The second-order valence-corrected chi connectivity index (χ2v) is 6.17. The number of nitrogens with one attached hydrogen (secondary N) is 1. The number of aliphatic hydroxyl groups excluding tert-OH is 1. The van der Waals surface area contributed by atoms with Gasteiger partial charge in [0.2, 0.25) is 5.95 Å². The zero-order chi connectivity index (χ0) is 18.1. The van der Waals surface area contributed by atoms with E-state index in [1.807, 2.05) is 43.7 Å². The van der Waals surface area contributed by atoms with Gasteiger partial charge in [-0.25, -0.2) is 9.50 Å². The number of anilines is 1. The number of nitrogens with zero attached hydrogens (tertiary/aromatic N) is 6. The predicted octanol–water partition coefficient (Wildman–Crippen LogP) is 2.25. The molecule has 0 amide bonds. The zero-order valence-electron chi connectivity index (χ0n) is 14.0. The molecule has 0 saturated carbocycles. The van der Waals surface area contributed by atoms with Gasteiger partial charge in [-0.2, -0.15) is 10.1 Å². The molecule has 0 radical (unpaired) electrons. The molecule has 0 aliphatic heterocycles. The third-order valence-corrected chi connectivity index (χ3v) is 4.09. The highest BCUT2D eigenvalue weighted by molar-refractivity contribution is 6.30. The van der Waals surface area contributed by atoms with Crippen LogP contribution in [0.15, 0.2) is 42.9 Å². The van der Waals surface area contributed by atoms with Crippen LogP contribution in [0.5, 0.6) is 0 Å². The summed E-state index contributed by atoms with van der Waals surface area (Å²) in [7, 11) is 1.85. The summed E-state index contributed by atoms with van der Waals surface area (Å²) in [5.41, 5.74) is 3.79. The van der Waals surface area contributed by atoms with Gasteiger partial charge in [0.05, 0.1) is 24.7 Å². The molecule has 4 aromatic rings. The molecule has 0 aliphatic carbocycles. The minimum atomic E-state index is -0.000705. The fourth-order valence-corrected chi connectivity index (χ4v) is 2.76. The summed E-state index contributed by atoms with van der Waals surface area (Å²) in [6, 6.07) is 7.46. The van der Waals surface area contributed by atoms with E-state index in [0.29, 0.717) is 28.9 Å². The van der Waals surface area contributed by atoms with Gasteiger partial charge >= 0.3 is 0 Å². The van der Waals surface area contributed by atoms with Gasteiger partial charge in [0.25, 0.3) is 0 Å². The second kappa shape index (κ2) is 6.74. The van der Waals surface area contributed by atoms with Gasteiger partial charge in [0, 0.05) is 35.9 Å². The van der Waals surface area contributed by atoms with E-state index in [9.17, 15) is 0 Å². The fourth-order valence-electron chi connectivity index (χ4n) is 2.63.